The Balaban J connectivity index is 1.95. The van der Waals surface area contributed by atoms with Crippen LogP contribution in [-0.4, -0.2) is 42.1 Å². The molecule has 1 N–H and O–H groups in total. The van der Waals surface area contributed by atoms with Gasteiger partial charge in [-0.3, -0.25) is 4.79 Å². The molecule has 1 saturated carbocycles. The molecule has 0 spiro atoms. The first-order chi connectivity index (χ1) is 10.6. The number of ether oxygens (including phenoxy) is 1. The Labute approximate surface area is 133 Å². The van der Waals surface area contributed by atoms with Gasteiger partial charge in [-0.2, -0.15) is 5.26 Å². The maximum absolute atomic E-state index is 12.5. The average Bonchev–Trinajstić information content (AvgIpc) is 2.75. The fourth-order valence-corrected chi connectivity index (χ4v) is 3.30. The van der Waals surface area contributed by atoms with E-state index in [2.05, 4.69) is 11.4 Å². The molecule has 0 aromatic carbocycles. The zero-order chi connectivity index (χ0) is 15.9. The molecule has 5 nitrogen and oxygen atoms in total. The van der Waals surface area contributed by atoms with Crippen LogP contribution in [0.5, 0.6) is 0 Å². The summed E-state index contributed by atoms with van der Waals surface area (Å²) in [5, 5.41) is 12.6. The fraction of sp³-hybridized carbons (Fsp3) is 0.765. The Morgan fingerprint density at radius 1 is 1.18 bits per heavy atom. The van der Waals surface area contributed by atoms with E-state index in [4.69, 9.17) is 4.74 Å². The summed E-state index contributed by atoms with van der Waals surface area (Å²) in [6.45, 7) is 5.00. The summed E-state index contributed by atoms with van der Waals surface area (Å²) in [4.78, 5) is 14.2. The average molecular weight is 305 g/mol. The van der Waals surface area contributed by atoms with E-state index in [0.717, 1.165) is 12.8 Å². The minimum atomic E-state index is -0.189. The second kappa shape index (κ2) is 8.19. The zero-order valence-electron chi connectivity index (χ0n) is 13.7. The van der Waals surface area contributed by atoms with Crippen molar-refractivity contribution >= 4 is 5.91 Å². The number of carbonyl (C=O) groups is 1. The van der Waals surface area contributed by atoms with Crippen molar-refractivity contribution in [3.05, 3.63) is 11.8 Å². The lowest BCUT2D eigenvalue weighted by atomic mass is 10.1. The normalized spacial score (nSPS) is 27.9. The number of nitrogens with zero attached hydrogens (tertiary/aromatic N) is 2. The second-order valence-corrected chi connectivity index (χ2v) is 6.49. The maximum atomic E-state index is 12.5. The molecule has 2 unspecified atom stereocenters. The van der Waals surface area contributed by atoms with Crippen molar-refractivity contribution in [3.63, 3.8) is 0 Å². The van der Waals surface area contributed by atoms with E-state index in [1.807, 2.05) is 13.8 Å². The number of hydrogen-bond acceptors (Lipinski definition) is 4. The third kappa shape index (κ3) is 4.74. The molecular formula is C17H27N3O2. The van der Waals surface area contributed by atoms with Gasteiger partial charge in [-0.25, -0.2) is 0 Å². The Morgan fingerprint density at radius 3 is 2.32 bits per heavy atom. The van der Waals surface area contributed by atoms with Crippen LogP contribution in [0.2, 0.25) is 0 Å². The minimum absolute atomic E-state index is 0.0162. The highest BCUT2D eigenvalue weighted by molar-refractivity contribution is 5.97. The second-order valence-electron chi connectivity index (χ2n) is 6.49. The topological polar surface area (TPSA) is 65.4 Å². The monoisotopic (exact) mass is 305 g/mol. The van der Waals surface area contributed by atoms with E-state index >= 15 is 0 Å². The van der Waals surface area contributed by atoms with Crippen LogP contribution in [0.3, 0.4) is 0 Å². The number of rotatable bonds is 3. The lowest BCUT2D eigenvalue weighted by Crippen LogP contribution is -2.48. The minimum Gasteiger partial charge on any atom is -0.387 e. The molecular weight excluding hydrogens is 278 g/mol. The Hall–Kier alpha value is -1.54. The molecule has 1 amide bonds. The van der Waals surface area contributed by atoms with Gasteiger partial charge in [0, 0.05) is 25.3 Å². The zero-order valence-corrected chi connectivity index (χ0v) is 13.7. The van der Waals surface area contributed by atoms with Crippen LogP contribution in [0.4, 0.5) is 0 Å². The largest absolute Gasteiger partial charge is 0.387 e. The first kappa shape index (κ1) is 16.8. The van der Waals surface area contributed by atoms with Gasteiger partial charge in [0.25, 0.3) is 5.91 Å². The van der Waals surface area contributed by atoms with Crippen LogP contribution in [-0.2, 0) is 9.53 Å². The lowest BCUT2D eigenvalue weighted by Gasteiger charge is -2.35. The molecule has 1 aliphatic heterocycles. The SMILES string of the molecule is CC1CN(C(=O)/C(C#N)=C\NC2CCCCCC2)CC(C)O1. The van der Waals surface area contributed by atoms with Gasteiger partial charge >= 0.3 is 0 Å². The van der Waals surface area contributed by atoms with Crippen LogP contribution < -0.4 is 5.32 Å². The molecule has 2 fully saturated rings. The molecule has 2 atom stereocenters. The van der Waals surface area contributed by atoms with Crippen LogP contribution in [0, 0.1) is 11.3 Å². The molecule has 1 aliphatic carbocycles. The third-order valence-electron chi connectivity index (χ3n) is 4.38. The van der Waals surface area contributed by atoms with E-state index in [0.29, 0.717) is 19.1 Å². The fourth-order valence-electron chi connectivity index (χ4n) is 3.30. The molecule has 0 aromatic rings. The summed E-state index contributed by atoms with van der Waals surface area (Å²) in [6.07, 6.45) is 8.92. The summed E-state index contributed by atoms with van der Waals surface area (Å²) in [5.41, 5.74) is 0.200. The van der Waals surface area contributed by atoms with Crippen molar-refractivity contribution in [2.45, 2.75) is 70.6 Å². The van der Waals surface area contributed by atoms with Gasteiger partial charge in [-0.1, -0.05) is 25.7 Å². The molecule has 5 heteroatoms. The lowest BCUT2D eigenvalue weighted by molar-refractivity contribution is -0.138. The Morgan fingerprint density at radius 2 is 1.77 bits per heavy atom. The number of nitrogens with one attached hydrogen (secondary N) is 1. The highest BCUT2D eigenvalue weighted by Crippen LogP contribution is 2.18. The molecule has 2 aliphatic rings. The van der Waals surface area contributed by atoms with Gasteiger partial charge in [-0.05, 0) is 26.7 Å². The van der Waals surface area contributed by atoms with Crippen LogP contribution in [0.15, 0.2) is 11.8 Å². The molecule has 1 saturated heterocycles. The predicted octanol–water partition coefficient (Wildman–Crippen LogP) is 2.34. The molecule has 0 aromatic heterocycles. The van der Waals surface area contributed by atoms with Gasteiger partial charge in [0.05, 0.1) is 12.2 Å². The van der Waals surface area contributed by atoms with Crippen molar-refractivity contribution in [1.82, 2.24) is 10.2 Å². The maximum Gasteiger partial charge on any atom is 0.266 e. The number of nitriles is 1. The molecule has 1 heterocycles. The van der Waals surface area contributed by atoms with Crippen molar-refractivity contribution < 1.29 is 9.53 Å². The highest BCUT2D eigenvalue weighted by atomic mass is 16.5. The number of amides is 1. The van der Waals surface area contributed by atoms with E-state index in [1.54, 1.807) is 11.1 Å². The van der Waals surface area contributed by atoms with Gasteiger partial charge in [0.1, 0.15) is 11.6 Å². The van der Waals surface area contributed by atoms with Crippen molar-refractivity contribution in [2.24, 2.45) is 0 Å². The molecule has 0 bridgehead atoms. The van der Waals surface area contributed by atoms with Gasteiger partial charge < -0.3 is 15.0 Å². The first-order valence-electron chi connectivity index (χ1n) is 8.41. The summed E-state index contributed by atoms with van der Waals surface area (Å²) in [5.74, 6) is -0.189. The number of morpholine rings is 1. The standard InChI is InChI=1S/C17H27N3O2/c1-13-11-20(12-14(2)22-13)17(21)15(9-18)10-19-16-7-5-3-4-6-8-16/h10,13-14,16,19H,3-8,11-12H2,1-2H3/b15-10-. The predicted molar refractivity (Wildman–Crippen MR) is 84.9 cm³/mol. The Bertz CT molecular complexity index is 437. The molecule has 0 radical (unpaired) electrons. The van der Waals surface area contributed by atoms with E-state index in [-0.39, 0.29) is 23.7 Å². The van der Waals surface area contributed by atoms with Crippen LogP contribution in [0.25, 0.3) is 0 Å². The number of hydrogen-bond donors (Lipinski definition) is 1. The van der Waals surface area contributed by atoms with E-state index in [9.17, 15) is 10.1 Å². The van der Waals surface area contributed by atoms with Crippen molar-refractivity contribution in [3.8, 4) is 6.07 Å². The van der Waals surface area contributed by atoms with E-state index < -0.39 is 0 Å². The van der Waals surface area contributed by atoms with Crippen molar-refractivity contribution in [2.75, 3.05) is 13.1 Å². The van der Waals surface area contributed by atoms with Gasteiger partial charge in [0.15, 0.2) is 0 Å². The smallest absolute Gasteiger partial charge is 0.266 e. The van der Waals surface area contributed by atoms with Crippen LogP contribution >= 0.6 is 0 Å². The summed E-state index contributed by atoms with van der Waals surface area (Å²) in [7, 11) is 0. The summed E-state index contributed by atoms with van der Waals surface area (Å²) >= 11 is 0. The summed E-state index contributed by atoms with van der Waals surface area (Å²) in [6, 6.07) is 2.44. The van der Waals surface area contributed by atoms with Gasteiger partial charge in [-0.15, -0.1) is 0 Å². The highest BCUT2D eigenvalue weighted by Gasteiger charge is 2.27. The molecule has 22 heavy (non-hydrogen) atoms. The van der Waals surface area contributed by atoms with Gasteiger partial charge in [0.2, 0.25) is 0 Å². The summed E-state index contributed by atoms with van der Waals surface area (Å²) < 4.78 is 5.64. The van der Waals surface area contributed by atoms with Crippen molar-refractivity contribution in [1.29, 1.82) is 5.26 Å². The Kier molecular flexibility index (Phi) is 6.26. The van der Waals surface area contributed by atoms with E-state index in [1.165, 1.54) is 25.7 Å². The first-order valence-corrected chi connectivity index (χ1v) is 8.41. The number of carbonyl (C=O) groups excluding carboxylic acids is 1. The third-order valence-corrected chi connectivity index (χ3v) is 4.38. The van der Waals surface area contributed by atoms with Crippen LogP contribution in [0.1, 0.15) is 52.4 Å². The molecule has 122 valence electrons. The quantitative estimate of drug-likeness (QED) is 0.494. The molecule has 2 rings (SSSR count).